The molecule has 0 bridgehead atoms. The fourth-order valence-corrected chi connectivity index (χ4v) is 2.27. The van der Waals surface area contributed by atoms with Gasteiger partial charge in [0.15, 0.2) is 0 Å². The Balaban J connectivity index is 3.11. The molecule has 1 aliphatic carbocycles. The lowest BCUT2D eigenvalue weighted by atomic mass is 9.69. The molecule has 6 nitrogen and oxygen atoms in total. The second-order valence-corrected chi connectivity index (χ2v) is 4.24. The molecule has 1 rings (SSSR count). The van der Waals surface area contributed by atoms with Crippen LogP contribution in [0.2, 0.25) is 0 Å². The van der Waals surface area contributed by atoms with Gasteiger partial charge in [-0.15, -0.1) is 0 Å². The van der Waals surface area contributed by atoms with Crippen LogP contribution in [0.15, 0.2) is 0 Å². The van der Waals surface area contributed by atoms with Crippen LogP contribution in [0.3, 0.4) is 0 Å². The van der Waals surface area contributed by atoms with E-state index in [0.29, 0.717) is 12.8 Å². The van der Waals surface area contributed by atoms with Gasteiger partial charge in [0, 0.05) is 0 Å². The second-order valence-electron chi connectivity index (χ2n) is 4.24. The first-order valence-corrected chi connectivity index (χ1v) is 4.85. The van der Waals surface area contributed by atoms with Gasteiger partial charge in [-0.1, -0.05) is 12.8 Å². The third kappa shape index (κ3) is 1.59. The minimum Gasteiger partial charge on any atom is -0.480 e. The van der Waals surface area contributed by atoms with Crippen LogP contribution in [-0.4, -0.2) is 27.7 Å². The maximum Gasteiger partial charge on any atom is 0.324 e. The maximum absolute atomic E-state index is 11.6. The molecule has 0 radical (unpaired) electrons. The molecule has 5 N–H and O–H groups in total. The monoisotopic (exact) mass is 216 g/mol. The first kappa shape index (κ1) is 11.9. The largest absolute Gasteiger partial charge is 0.480 e. The summed E-state index contributed by atoms with van der Waals surface area (Å²) in [5.74, 6) is -1.93. The minimum absolute atomic E-state index is 0.388. The zero-order valence-electron chi connectivity index (χ0n) is 8.62. The molecular weight excluding hydrogens is 200 g/mol. The number of hydrogen-bond acceptors (Lipinski definition) is 4. The van der Waals surface area contributed by atoms with Crippen molar-refractivity contribution in [2.75, 3.05) is 0 Å². The molecule has 1 fully saturated rings. The SMILES string of the molecule is CC(N)(C(=O)O)C1(C(=O)NO)CCCC1. The molecule has 1 saturated carbocycles. The summed E-state index contributed by atoms with van der Waals surface area (Å²) in [6.45, 7) is 1.32. The predicted octanol–water partition coefficient (Wildman–Crippen LogP) is -0.146. The molecule has 0 saturated heterocycles. The Hall–Kier alpha value is -1.14. The molecular formula is C9H16N2O4. The fourth-order valence-electron chi connectivity index (χ4n) is 2.27. The van der Waals surface area contributed by atoms with Gasteiger partial charge in [-0.05, 0) is 19.8 Å². The van der Waals surface area contributed by atoms with Crippen molar-refractivity contribution in [1.82, 2.24) is 5.48 Å². The first-order chi connectivity index (χ1) is 6.88. The molecule has 0 heterocycles. The van der Waals surface area contributed by atoms with Gasteiger partial charge in [0.2, 0.25) is 0 Å². The van der Waals surface area contributed by atoms with Crippen LogP contribution in [0.1, 0.15) is 32.6 Å². The quantitative estimate of drug-likeness (QED) is 0.387. The number of nitrogens with one attached hydrogen (secondary N) is 1. The molecule has 1 atom stereocenters. The standard InChI is InChI=1S/C9H16N2O4/c1-8(10,7(13)14)9(6(12)11-15)4-2-3-5-9/h15H,2-5,10H2,1H3,(H,11,12)(H,13,14). The van der Waals surface area contributed by atoms with Crippen molar-refractivity contribution in [1.29, 1.82) is 0 Å². The molecule has 0 aromatic heterocycles. The number of carbonyl (C=O) groups excluding carboxylic acids is 1. The number of hydrogen-bond donors (Lipinski definition) is 4. The first-order valence-electron chi connectivity index (χ1n) is 4.85. The van der Waals surface area contributed by atoms with Gasteiger partial charge in [0.05, 0.1) is 5.41 Å². The highest BCUT2D eigenvalue weighted by atomic mass is 16.5. The van der Waals surface area contributed by atoms with Crippen LogP contribution in [0.5, 0.6) is 0 Å². The summed E-state index contributed by atoms with van der Waals surface area (Å²) >= 11 is 0. The molecule has 15 heavy (non-hydrogen) atoms. The average Bonchev–Trinajstić information content (AvgIpc) is 2.66. The van der Waals surface area contributed by atoms with E-state index < -0.39 is 22.8 Å². The Kier molecular flexibility index (Phi) is 3.01. The molecule has 0 aromatic carbocycles. The van der Waals surface area contributed by atoms with Crippen molar-refractivity contribution in [3.63, 3.8) is 0 Å². The summed E-state index contributed by atoms with van der Waals surface area (Å²) in [5.41, 5.74) is 4.37. The lowest BCUT2D eigenvalue weighted by Crippen LogP contribution is -2.63. The second kappa shape index (κ2) is 3.79. The highest BCUT2D eigenvalue weighted by Crippen LogP contribution is 2.45. The smallest absolute Gasteiger partial charge is 0.324 e. The predicted molar refractivity (Wildman–Crippen MR) is 51.1 cm³/mol. The van der Waals surface area contributed by atoms with E-state index in [1.807, 2.05) is 0 Å². The van der Waals surface area contributed by atoms with Gasteiger partial charge >= 0.3 is 5.97 Å². The summed E-state index contributed by atoms with van der Waals surface area (Å²) in [6.07, 6.45) is 2.26. The van der Waals surface area contributed by atoms with Gasteiger partial charge in [0.25, 0.3) is 5.91 Å². The van der Waals surface area contributed by atoms with E-state index in [4.69, 9.17) is 16.0 Å². The van der Waals surface area contributed by atoms with E-state index in [9.17, 15) is 9.59 Å². The molecule has 0 spiro atoms. The van der Waals surface area contributed by atoms with Gasteiger partial charge in [0.1, 0.15) is 5.54 Å². The Morgan fingerprint density at radius 2 is 1.87 bits per heavy atom. The Bertz CT molecular complexity index is 282. The number of aliphatic carboxylic acids is 1. The lowest BCUT2D eigenvalue weighted by Gasteiger charge is -2.38. The number of carboxylic acid groups (broad SMARTS) is 1. The van der Waals surface area contributed by atoms with Gasteiger partial charge in [-0.25, -0.2) is 5.48 Å². The van der Waals surface area contributed by atoms with E-state index >= 15 is 0 Å². The third-order valence-corrected chi connectivity index (χ3v) is 3.43. The van der Waals surface area contributed by atoms with Crippen molar-refractivity contribution in [3.05, 3.63) is 0 Å². The lowest BCUT2D eigenvalue weighted by molar-refractivity contribution is -0.158. The maximum atomic E-state index is 11.6. The molecule has 0 aliphatic heterocycles. The van der Waals surface area contributed by atoms with Crippen molar-refractivity contribution >= 4 is 11.9 Å². The third-order valence-electron chi connectivity index (χ3n) is 3.43. The Labute approximate surface area is 87.4 Å². The topological polar surface area (TPSA) is 113 Å². The Morgan fingerprint density at radius 1 is 1.40 bits per heavy atom. The molecule has 86 valence electrons. The van der Waals surface area contributed by atoms with E-state index in [1.165, 1.54) is 12.4 Å². The zero-order valence-corrected chi connectivity index (χ0v) is 8.62. The minimum atomic E-state index is -1.66. The number of rotatable bonds is 3. The molecule has 0 aromatic rings. The van der Waals surface area contributed by atoms with E-state index in [-0.39, 0.29) is 0 Å². The van der Waals surface area contributed by atoms with Gasteiger partial charge < -0.3 is 10.8 Å². The van der Waals surface area contributed by atoms with E-state index in [0.717, 1.165) is 12.8 Å². The van der Waals surface area contributed by atoms with Crippen LogP contribution in [-0.2, 0) is 9.59 Å². The van der Waals surface area contributed by atoms with Crippen LogP contribution >= 0.6 is 0 Å². The highest BCUT2D eigenvalue weighted by molar-refractivity contribution is 5.92. The average molecular weight is 216 g/mol. The summed E-state index contributed by atoms with van der Waals surface area (Å²) in [5, 5.41) is 17.7. The molecule has 1 unspecified atom stereocenters. The number of nitrogens with two attached hydrogens (primary N) is 1. The summed E-state index contributed by atoms with van der Waals surface area (Å²) in [7, 11) is 0. The van der Waals surface area contributed by atoms with Crippen molar-refractivity contribution in [3.8, 4) is 0 Å². The van der Waals surface area contributed by atoms with Gasteiger partial charge in [-0.3, -0.25) is 14.8 Å². The molecule has 1 amide bonds. The normalized spacial score (nSPS) is 23.1. The van der Waals surface area contributed by atoms with Crippen molar-refractivity contribution in [2.24, 2.45) is 11.1 Å². The molecule has 1 aliphatic rings. The van der Waals surface area contributed by atoms with Crippen LogP contribution in [0.25, 0.3) is 0 Å². The summed E-state index contributed by atoms with van der Waals surface area (Å²) < 4.78 is 0. The number of carboxylic acids is 1. The Morgan fingerprint density at radius 3 is 2.20 bits per heavy atom. The van der Waals surface area contributed by atoms with Crippen molar-refractivity contribution in [2.45, 2.75) is 38.1 Å². The van der Waals surface area contributed by atoms with Crippen LogP contribution in [0.4, 0.5) is 0 Å². The highest BCUT2D eigenvalue weighted by Gasteiger charge is 2.57. The number of hydroxylamine groups is 1. The molecule has 6 heteroatoms. The van der Waals surface area contributed by atoms with Crippen molar-refractivity contribution < 1.29 is 19.9 Å². The van der Waals surface area contributed by atoms with Crippen LogP contribution < -0.4 is 11.2 Å². The summed E-state index contributed by atoms with van der Waals surface area (Å²) in [4.78, 5) is 22.6. The number of amides is 1. The van der Waals surface area contributed by atoms with E-state index in [2.05, 4.69) is 0 Å². The van der Waals surface area contributed by atoms with E-state index in [1.54, 1.807) is 0 Å². The summed E-state index contributed by atoms with van der Waals surface area (Å²) in [6, 6.07) is 0. The zero-order chi connectivity index (χ0) is 11.7. The van der Waals surface area contributed by atoms with Crippen LogP contribution in [0, 0.1) is 5.41 Å². The van der Waals surface area contributed by atoms with Gasteiger partial charge in [-0.2, -0.15) is 0 Å². The fraction of sp³-hybridized carbons (Fsp3) is 0.778. The number of carbonyl (C=O) groups is 2.